The molecule has 3 N–H and O–H groups in total. The molecule has 0 aliphatic heterocycles. The number of benzene rings is 1. The average Bonchev–Trinajstić information content (AvgIpc) is 3.83. The maximum Gasteiger partial charge on any atom is 0.328 e. The Labute approximate surface area is 286 Å². The molecule has 0 amide bonds. The van der Waals surface area contributed by atoms with E-state index >= 15 is 0 Å². The average molecular weight is 667 g/mol. The molecule has 3 saturated carbocycles. The number of carbonyl (C=O) groups is 2. The molecule has 7 rings (SSSR count). The lowest BCUT2D eigenvalue weighted by Gasteiger charge is -2.61. The van der Waals surface area contributed by atoms with E-state index in [4.69, 9.17) is 10.5 Å². The van der Waals surface area contributed by atoms with Crippen LogP contribution in [0.25, 0.3) is 22.4 Å². The first kappa shape index (κ1) is 33.1. The normalized spacial score (nSPS) is 33.4. The summed E-state index contributed by atoms with van der Waals surface area (Å²) in [5, 5.41) is 20.4. The minimum Gasteiger partial charge on any atom is -0.460 e. The highest BCUT2D eigenvalue weighted by Gasteiger charge is 2.68. The van der Waals surface area contributed by atoms with E-state index in [-0.39, 0.29) is 41.5 Å². The number of hydrogen-bond acceptors (Lipinski definition) is 10. The maximum atomic E-state index is 13.7. The number of aliphatic hydroxyl groups excluding tert-OH is 1. The van der Waals surface area contributed by atoms with Crippen LogP contribution in [0.5, 0.6) is 0 Å². The summed E-state index contributed by atoms with van der Waals surface area (Å²) in [7, 11) is 0. The Hall–Kier alpha value is -4.45. The van der Waals surface area contributed by atoms with Gasteiger partial charge in [-0.1, -0.05) is 63.2 Å². The van der Waals surface area contributed by atoms with Crippen LogP contribution < -0.4 is 5.73 Å². The monoisotopic (exact) mass is 666 g/mol. The van der Waals surface area contributed by atoms with E-state index in [2.05, 4.69) is 59.5 Å². The van der Waals surface area contributed by atoms with Crippen molar-refractivity contribution in [2.24, 2.45) is 34.0 Å². The largest absolute Gasteiger partial charge is 0.460 e. The SMILES string of the molecule is C=C[C@]1(C)C[C@@H](OC(=O)Cn2cc(-c3ccc([C@@H](C)n4cnc5c(N)ncnc54)cc3)nn2)[C@]2(C)C(C)CC[C@]3(CCC(=O)[C@H]32)[C@@H](C)[C@@H]1O. The summed E-state index contributed by atoms with van der Waals surface area (Å²) in [4.78, 5) is 40.1. The predicted molar refractivity (Wildman–Crippen MR) is 184 cm³/mol. The van der Waals surface area contributed by atoms with Gasteiger partial charge in [0.25, 0.3) is 0 Å². The van der Waals surface area contributed by atoms with Crippen molar-refractivity contribution in [3.63, 3.8) is 0 Å². The highest BCUT2D eigenvalue weighted by Crippen LogP contribution is 2.68. The summed E-state index contributed by atoms with van der Waals surface area (Å²) in [6, 6.07) is 7.90. The lowest BCUT2D eigenvalue weighted by molar-refractivity contribution is -0.207. The number of imidazole rings is 1. The first-order valence-electron chi connectivity index (χ1n) is 17.3. The molecule has 3 fully saturated rings. The van der Waals surface area contributed by atoms with Gasteiger partial charge in [0, 0.05) is 28.7 Å². The molecule has 0 saturated heterocycles. The molecule has 0 spiro atoms. The second-order valence-electron chi connectivity index (χ2n) is 15.2. The fraction of sp³-hybridized carbons (Fsp3) is 0.541. The van der Waals surface area contributed by atoms with Crippen LogP contribution >= 0.6 is 0 Å². The smallest absolute Gasteiger partial charge is 0.328 e. The quantitative estimate of drug-likeness (QED) is 0.198. The van der Waals surface area contributed by atoms with Gasteiger partial charge in [-0.15, -0.1) is 11.7 Å². The molecule has 4 aromatic rings. The van der Waals surface area contributed by atoms with Crippen molar-refractivity contribution in [3.8, 4) is 11.3 Å². The number of rotatable bonds is 7. The van der Waals surface area contributed by atoms with Crippen molar-refractivity contribution in [2.75, 3.05) is 5.73 Å². The standard InChI is InChI=1S/C37H46N8O4/c1-7-35(5)16-28(36(6)21(2)12-14-37(22(3)32(35)48)15-13-27(46)31(36)37)49-29(47)18-44-17-26(42-43-44)25-10-8-24(9-11-25)23(4)45-20-41-30-33(38)39-19-40-34(30)45/h7-11,17,19-23,28,31-32,48H,1,12-16,18H2,2-6H3,(H2,38,39,40)/t21?,22-,23+,28+,31-,32-,35+,36-,37-/m0/s1. The van der Waals surface area contributed by atoms with Gasteiger partial charge in [0.2, 0.25) is 0 Å². The lowest BCUT2D eigenvalue weighted by atomic mass is 9.44. The summed E-state index contributed by atoms with van der Waals surface area (Å²) < 4.78 is 9.83. The number of anilines is 1. The van der Waals surface area contributed by atoms with Crippen molar-refractivity contribution < 1.29 is 19.4 Å². The first-order valence-corrected chi connectivity index (χ1v) is 17.3. The Morgan fingerprint density at radius 1 is 1.18 bits per heavy atom. The van der Waals surface area contributed by atoms with E-state index in [0.717, 1.165) is 30.4 Å². The predicted octanol–water partition coefficient (Wildman–Crippen LogP) is 5.18. The molecule has 9 atom stereocenters. The topological polar surface area (TPSA) is 164 Å². The van der Waals surface area contributed by atoms with Crippen LogP contribution in [0.2, 0.25) is 0 Å². The van der Waals surface area contributed by atoms with Gasteiger partial charge in [-0.05, 0) is 55.4 Å². The number of carbonyl (C=O) groups excluding carboxylic acids is 2. The first-order chi connectivity index (χ1) is 23.3. The third kappa shape index (κ3) is 5.09. The molecule has 1 unspecified atom stereocenters. The number of fused-ring (bicyclic) bond motifs is 1. The van der Waals surface area contributed by atoms with Crippen LogP contribution in [0, 0.1) is 34.0 Å². The van der Waals surface area contributed by atoms with Gasteiger partial charge in [0.15, 0.2) is 11.5 Å². The Kier molecular flexibility index (Phi) is 8.00. The van der Waals surface area contributed by atoms with E-state index in [1.807, 2.05) is 41.8 Å². The summed E-state index contributed by atoms with van der Waals surface area (Å²) >= 11 is 0. The number of aromatic nitrogens is 7. The van der Waals surface area contributed by atoms with Crippen LogP contribution in [0.4, 0.5) is 5.82 Å². The molecule has 3 aliphatic carbocycles. The van der Waals surface area contributed by atoms with E-state index in [0.29, 0.717) is 35.5 Å². The van der Waals surface area contributed by atoms with Gasteiger partial charge in [-0.2, -0.15) is 0 Å². The summed E-state index contributed by atoms with van der Waals surface area (Å²) in [6.07, 6.45) is 8.85. The number of nitrogens with two attached hydrogens (primary N) is 1. The zero-order valence-corrected chi connectivity index (χ0v) is 28.9. The van der Waals surface area contributed by atoms with Gasteiger partial charge < -0.3 is 20.1 Å². The van der Waals surface area contributed by atoms with Gasteiger partial charge in [0.1, 0.15) is 36.0 Å². The summed E-state index contributed by atoms with van der Waals surface area (Å²) in [6.45, 7) is 14.4. The van der Waals surface area contributed by atoms with Crippen molar-refractivity contribution in [1.82, 2.24) is 34.5 Å². The minimum atomic E-state index is -0.711. The number of nitrogens with zero attached hydrogens (tertiary/aromatic N) is 7. The molecule has 12 heteroatoms. The number of Topliss-reactive ketones (excluding diaryl/α,β-unsaturated/α-hetero) is 1. The number of hydrogen-bond donors (Lipinski definition) is 2. The van der Waals surface area contributed by atoms with Crippen LogP contribution in [0.15, 0.2) is 55.8 Å². The molecule has 3 aliphatic rings. The van der Waals surface area contributed by atoms with E-state index < -0.39 is 29.0 Å². The second kappa shape index (κ2) is 11.9. The van der Waals surface area contributed by atoms with Crippen molar-refractivity contribution >= 4 is 28.7 Å². The molecule has 258 valence electrons. The third-order valence-electron chi connectivity index (χ3n) is 12.9. The number of ether oxygens (including phenoxy) is 1. The minimum absolute atomic E-state index is 0.0576. The Bertz CT molecular complexity index is 1920. The van der Waals surface area contributed by atoms with Gasteiger partial charge >= 0.3 is 5.97 Å². The molecule has 3 heterocycles. The molecule has 49 heavy (non-hydrogen) atoms. The fourth-order valence-corrected chi connectivity index (χ4v) is 9.58. The number of aliphatic hydroxyl groups is 1. The molecular formula is C37H46N8O4. The zero-order valence-electron chi connectivity index (χ0n) is 28.9. The summed E-state index contributed by atoms with van der Waals surface area (Å²) in [5.41, 5.74) is 8.12. The van der Waals surface area contributed by atoms with E-state index in [9.17, 15) is 14.7 Å². The van der Waals surface area contributed by atoms with Crippen molar-refractivity contribution in [2.45, 2.75) is 91.5 Å². The number of esters is 1. The fourth-order valence-electron chi connectivity index (χ4n) is 9.58. The summed E-state index contributed by atoms with van der Waals surface area (Å²) in [5.74, 6) is -0.0779. The third-order valence-corrected chi connectivity index (χ3v) is 12.9. The second-order valence-corrected chi connectivity index (χ2v) is 15.2. The lowest BCUT2D eigenvalue weighted by Crippen LogP contribution is -2.63. The van der Waals surface area contributed by atoms with E-state index in [1.165, 1.54) is 11.0 Å². The Morgan fingerprint density at radius 3 is 2.67 bits per heavy atom. The maximum absolute atomic E-state index is 13.7. The molecule has 1 aromatic carbocycles. The van der Waals surface area contributed by atoms with Crippen LogP contribution in [-0.4, -0.2) is 63.6 Å². The highest BCUT2D eigenvalue weighted by atomic mass is 16.5. The van der Waals surface area contributed by atoms with Crippen LogP contribution in [0.1, 0.15) is 78.3 Å². The Balaban J connectivity index is 1.10. The number of ketones is 1. The molecular weight excluding hydrogens is 620 g/mol. The van der Waals surface area contributed by atoms with Crippen LogP contribution in [0.3, 0.4) is 0 Å². The molecule has 0 radical (unpaired) electrons. The number of nitrogen functional groups attached to an aromatic ring is 1. The molecule has 12 nitrogen and oxygen atoms in total. The Morgan fingerprint density at radius 2 is 1.94 bits per heavy atom. The zero-order chi connectivity index (χ0) is 34.9. The van der Waals surface area contributed by atoms with Gasteiger partial charge in [-0.25, -0.2) is 19.6 Å². The van der Waals surface area contributed by atoms with Gasteiger partial charge in [0.05, 0.1) is 24.7 Å². The van der Waals surface area contributed by atoms with Crippen molar-refractivity contribution in [3.05, 3.63) is 61.3 Å². The van der Waals surface area contributed by atoms with E-state index in [1.54, 1.807) is 12.5 Å². The molecule has 3 aromatic heterocycles. The van der Waals surface area contributed by atoms with Gasteiger partial charge in [-0.3, -0.25) is 9.59 Å². The van der Waals surface area contributed by atoms with Crippen LogP contribution in [-0.2, 0) is 20.9 Å². The molecule has 2 bridgehead atoms. The highest BCUT2D eigenvalue weighted by molar-refractivity contribution is 5.86. The van der Waals surface area contributed by atoms with Crippen molar-refractivity contribution in [1.29, 1.82) is 0 Å².